The van der Waals surface area contributed by atoms with Crippen LogP contribution in [0.1, 0.15) is 24.1 Å². The van der Waals surface area contributed by atoms with Gasteiger partial charge in [0.05, 0.1) is 0 Å². The van der Waals surface area contributed by atoms with E-state index in [1.807, 2.05) is 31.2 Å². The Morgan fingerprint density at radius 2 is 1.89 bits per heavy atom. The highest BCUT2D eigenvalue weighted by Crippen LogP contribution is 2.29. The lowest BCUT2D eigenvalue weighted by atomic mass is 10.1. The van der Waals surface area contributed by atoms with Crippen molar-refractivity contribution < 1.29 is 9.13 Å². The van der Waals surface area contributed by atoms with Gasteiger partial charge in [0.2, 0.25) is 0 Å². The summed E-state index contributed by atoms with van der Waals surface area (Å²) < 4.78 is 18.9. The maximum Gasteiger partial charge on any atom is 0.132 e. The van der Waals surface area contributed by atoms with Gasteiger partial charge in [-0.05, 0) is 43.7 Å². The Kier molecular flexibility index (Phi) is 3.63. The lowest BCUT2D eigenvalue weighted by molar-refractivity contribution is 0.469. The second-order valence-electron chi connectivity index (χ2n) is 4.34. The van der Waals surface area contributed by atoms with Crippen LogP contribution in [0.5, 0.6) is 11.5 Å². The normalized spacial score (nSPS) is 12.2. The third-order valence-electron chi connectivity index (χ3n) is 2.77. The second kappa shape index (κ2) is 5.19. The SMILES string of the molecule is Cc1cc(Oc2ccccc2C(C)N)ccc1F. The molecule has 2 aromatic rings. The van der Waals surface area contributed by atoms with Crippen LogP contribution < -0.4 is 10.5 Å². The zero-order valence-electron chi connectivity index (χ0n) is 10.5. The molecule has 0 radical (unpaired) electrons. The molecule has 0 aromatic heterocycles. The molecule has 2 aromatic carbocycles. The van der Waals surface area contributed by atoms with Gasteiger partial charge in [-0.3, -0.25) is 0 Å². The Balaban J connectivity index is 2.31. The van der Waals surface area contributed by atoms with Gasteiger partial charge < -0.3 is 10.5 Å². The molecule has 0 bridgehead atoms. The number of nitrogens with two attached hydrogens (primary N) is 1. The first kappa shape index (κ1) is 12.6. The molecule has 0 aliphatic heterocycles. The summed E-state index contributed by atoms with van der Waals surface area (Å²) in [5, 5.41) is 0. The fourth-order valence-electron chi connectivity index (χ4n) is 1.76. The lowest BCUT2D eigenvalue weighted by Crippen LogP contribution is -2.06. The average molecular weight is 245 g/mol. The van der Waals surface area contributed by atoms with E-state index in [1.165, 1.54) is 6.07 Å². The van der Waals surface area contributed by atoms with Crippen LogP contribution >= 0.6 is 0 Å². The minimum absolute atomic E-state index is 0.109. The minimum Gasteiger partial charge on any atom is -0.457 e. The van der Waals surface area contributed by atoms with Crippen LogP contribution in [0, 0.1) is 12.7 Å². The third kappa shape index (κ3) is 2.68. The quantitative estimate of drug-likeness (QED) is 0.888. The van der Waals surface area contributed by atoms with Crippen LogP contribution in [0.2, 0.25) is 0 Å². The molecule has 0 spiro atoms. The minimum atomic E-state index is -0.233. The van der Waals surface area contributed by atoms with Crippen LogP contribution in [0.4, 0.5) is 4.39 Å². The highest BCUT2D eigenvalue weighted by molar-refractivity contribution is 5.40. The van der Waals surface area contributed by atoms with Gasteiger partial charge in [0.1, 0.15) is 17.3 Å². The fourth-order valence-corrected chi connectivity index (χ4v) is 1.76. The molecule has 3 heteroatoms. The van der Waals surface area contributed by atoms with Crippen LogP contribution in [-0.4, -0.2) is 0 Å². The molecule has 1 unspecified atom stereocenters. The molecule has 0 amide bonds. The molecule has 0 aliphatic carbocycles. The molecular weight excluding hydrogens is 229 g/mol. The Morgan fingerprint density at radius 3 is 2.56 bits per heavy atom. The van der Waals surface area contributed by atoms with Crippen molar-refractivity contribution in [3.8, 4) is 11.5 Å². The maximum absolute atomic E-state index is 13.2. The molecule has 2 nitrogen and oxygen atoms in total. The molecule has 0 saturated heterocycles. The van der Waals surface area contributed by atoms with E-state index >= 15 is 0 Å². The van der Waals surface area contributed by atoms with Crippen LogP contribution in [0.3, 0.4) is 0 Å². The summed E-state index contributed by atoms with van der Waals surface area (Å²) in [6.07, 6.45) is 0. The zero-order chi connectivity index (χ0) is 13.1. The standard InChI is InChI=1S/C15H16FNO/c1-10-9-12(7-8-14(10)16)18-15-6-4-3-5-13(15)11(2)17/h3-9,11H,17H2,1-2H3. The van der Waals surface area contributed by atoms with Crippen LogP contribution in [0.15, 0.2) is 42.5 Å². The molecule has 2 N–H and O–H groups in total. The molecule has 1 atom stereocenters. The predicted molar refractivity (Wildman–Crippen MR) is 70.3 cm³/mol. The summed E-state index contributed by atoms with van der Waals surface area (Å²) in [6.45, 7) is 3.61. The summed E-state index contributed by atoms with van der Waals surface area (Å²) in [5.74, 6) is 1.09. The van der Waals surface area contributed by atoms with Crippen molar-refractivity contribution in [2.75, 3.05) is 0 Å². The summed E-state index contributed by atoms with van der Waals surface area (Å²) in [6, 6.07) is 12.2. The van der Waals surface area contributed by atoms with Crippen LogP contribution in [0.25, 0.3) is 0 Å². The van der Waals surface area contributed by atoms with Gasteiger partial charge in [-0.15, -0.1) is 0 Å². The topological polar surface area (TPSA) is 35.2 Å². The number of rotatable bonds is 3. The fraction of sp³-hybridized carbons (Fsp3) is 0.200. The number of benzene rings is 2. The van der Waals surface area contributed by atoms with Crippen LogP contribution in [-0.2, 0) is 0 Å². The van der Waals surface area contributed by atoms with Crippen molar-refractivity contribution >= 4 is 0 Å². The predicted octanol–water partition coefficient (Wildman–Crippen LogP) is 3.95. The first-order valence-corrected chi connectivity index (χ1v) is 5.86. The van der Waals surface area contributed by atoms with Crippen molar-refractivity contribution in [2.45, 2.75) is 19.9 Å². The number of aryl methyl sites for hydroxylation is 1. The van der Waals surface area contributed by atoms with Crippen molar-refractivity contribution in [1.29, 1.82) is 0 Å². The number of halogens is 1. The largest absolute Gasteiger partial charge is 0.457 e. The van der Waals surface area contributed by atoms with Gasteiger partial charge in [0, 0.05) is 11.6 Å². The van der Waals surface area contributed by atoms with E-state index in [2.05, 4.69) is 0 Å². The second-order valence-corrected chi connectivity index (χ2v) is 4.34. The van der Waals surface area contributed by atoms with Gasteiger partial charge in [-0.25, -0.2) is 4.39 Å². The lowest BCUT2D eigenvalue weighted by Gasteiger charge is -2.13. The van der Waals surface area contributed by atoms with Crippen molar-refractivity contribution in [3.05, 3.63) is 59.4 Å². The summed E-state index contributed by atoms with van der Waals surface area (Å²) in [7, 11) is 0. The highest BCUT2D eigenvalue weighted by atomic mass is 19.1. The highest BCUT2D eigenvalue weighted by Gasteiger charge is 2.08. The van der Waals surface area contributed by atoms with Gasteiger partial charge >= 0.3 is 0 Å². The Bertz CT molecular complexity index is 552. The van der Waals surface area contributed by atoms with Gasteiger partial charge in [0.15, 0.2) is 0 Å². The summed E-state index contributed by atoms with van der Waals surface area (Å²) in [4.78, 5) is 0. The Morgan fingerprint density at radius 1 is 1.17 bits per heavy atom. The van der Waals surface area contributed by atoms with E-state index in [4.69, 9.17) is 10.5 Å². The molecule has 2 rings (SSSR count). The Hall–Kier alpha value is -1.87. The number of hydrogen-bond donors (Lipinski definition) is 1. The third-order valence-corrected chi connectivity index (χ3v) is 2.77. The van der Waals surface area contributed by atoms with E-state index in [-0.39, 0.29) is 11.9 Å². The molecule has 0 fully saturated rings. The monoisotopic (exact) mass is 245 g/mol. The summed E-state index contributed by atoms with van der Waals surface area (Å²) >= 11 is 0. The molecule has 18 heavy (non-hydrogen) atoms. The van der Waals surface area contributed by atoms with Crippen molar-refractivity contribution in [3.63, 3.8) is 0 Å². The van der Waals surface area contributed by atoms with E-state index in [1.54, 1.807) is 19.1 Å². The van der Waals surface area contributed by atoms with Gasteiger partial charge in [0.25, 0.3) is 0 Å². The van der Waals surface area contributed by atoms with Gasteiger partial charge in [-0.2, -0.15) is 0 Å². The number of ether oxygens (including phenoxy) is 1. The average Bonchev–Trinajstić information content (AvgIpc) is 2.34. The molecular formula is C15H16FNO. The Labute approximate surface area is 106 Å². The number of para-hydroxylation sites is 1. The summed E-state index contributed by atoms with van der Waals surface area (Å²) in [5.41, 5.74) is 7.37. The first-order valence-electron chi connectivity index (χ1n) is 5.86. The molecule has 94 valence electrons. The van der Waals surface area contributed by atoms with E-state index < -0.39 is 0 Å². The van der Waals surface area contributed by atoms with Crippen molar-refractivity contribution in [2.24, 2.45) is 5.73 Å². The molecule has 0 saturated carbocycles. The van der Waals surface area contributed by atoms with E-state index in [0.717, 1.165) is 5.56 Å². The molecule has 0 heterocycles. The van der Waals surface area contributed by atoms with E-state index in [9.17, 15) is 4.39 Å². The first-order chi connectivity index (χ1) is 8.58. The molecule has 0 aliphatic rings. The number of hydrogen-bond acceptors (Lipinski definition) is 2. The maximum atomic E-state index is 13.2. The van der Waals surface area contributed by atoms with E-state index in [0.29, 0.717) is 17.1 Å². The van der Waals surface area contributed by atoms with Gasteiger partial charge in [-0.1, -0.05) is 18.2 Å². The smallest absolute Gasteiger partial charge is 0.132 e. The zero-order valence-corrected chi connectivity index (χ0v) is 10.5. The van der Waals surface area contributed by atoms with Crippen molar-refractivity contribution in [1.82, 2.24) is 0 Å².